The van der Waals surface area contributed by atoms with Gasteiger partial charge in [-0.05, 0) is 24.3 Å². The Bertz CT molecular complexity index is 1210. The van der Waals surface area contributed by atoms with Crippen LogP contribution in [0.15, 0.2) is 59.5 Å². The first kappa shape index (κ1) is 17.8. The van der Waals surface area contributed by atoms with Crippen LogP contribution in [0.25, 0.3) is 21.7 Å². The summed E-state index contributed by atoms with van der Waals surface area (Å²) in [4.78, 5) is 24.2. The molecule has 2 aromatic heterocycles. The van der Waals surface area contributed by atoms with Gasteiger partial charge in [0, 0.05) is 30.1 Å². The summed E-state index contributed by atoms with van der Waals surface area (Å²) in [6, 6.07) is 15.1. The monoisotopic (exact) mass is 376 g/mol. The predicted molar refractivity (Wildman–Crippen MR) is 108 cm³/mol. The van der Waals surface area contributed by atoms with E-state index in [1.165, 1.54) is 0 Å². The van der Waals surface area contributed by atoms with E-state index in [4.69, 9.17) is 4.74 Å². The van der Waals surface area contributed by atoms with Gasteiger partial charge in [0.15, 0.2) is 0 Å². The fourth-order valence-corrected chi connectivity index (χ4v) is 3.40. The first-order valence-corrected chi connectivity index (χ1v) is 9.02. The zero-order valence-corrected chi connectivity index (χ0v) is 15.4. The van der Waals surface area contributed by atoms with Crippen LogP contribution in [-0.4, -0.2) is 34.3 Å². The molecule has 28 heavy (non-hydrogen) atoms. The predicted octanol–water partition coefficient (Wildman–Crippen LogP) is 2.25. The number of aromatic nitrogens is 3. The molecule has 4 rings (SSSR count). The highest BCUT2D eigenvalue weighted by molar-refractivity contribution is 5.88. The van der Waals surface area contributed by atoms with E-state index in [2.05, 4.69) is 20.1 Å². The lowest BCUT2D eigenvalue weighted by Crippen LogP contribution is -2.29. The van der Waals surface area contributed by atoms with E-state index in [-0.39, 0.29) is 17.9 Å². The van der Waals surface area contributed by atoms with E-state index >= 15 is 0 Å². The van der Waals surface area contributed by atoms with Gasteiger partial charge in [-0.15, -0.1) is 0 Å². The fourth-order valence-electron chi connectivity index (χ4n) is 3.40. The number of rotatable bonds is 6. The molecule has 0 spiro atoms. The zero-order chi connectivity index (χ0) is 19.5. The minimum absolute atomic E-state index is 0.109. The topological polar surface area (TPSA) is 89.0 Å². The molecule has 0 saturated heterocycles. The van der Waals surface area contributed by atoms with Gasteiger partial charge in [-0.3, -0.25) is 9.59 Å². The zero-order valence-electron chi connectivity index (χ0n) is 15.4. The van der Waals surface area contributed by atoms with E-state index in [0.717, 1.165) is 16.7 Å². The maximum atomic E-state index is 12.4. The Balaban J connectivity index is 1.42. The van der Waals surface area contributed by atoms with Crippen LogP contribution >= 0.6 is 0 Å². The normalized spacial score (nSPS) is 11.0. The summed E-state index contributed by atoms with van der Waals surface area (Å²) in [5.41, 5.74) is 1.36. The van der Waals surface area contributed by atoms with Crippen molar-refractivity contribution in [2.24, 2.45) is 0 Å². The number of nitrogens with zero attached hydrogens (tertiary/aromatic N) is 2. The minimum atomic E-state index is -0.255. The largest absolute Gasteiger partial charge is 0.496 e. The number of ether oxygens (including phenoxy) is 1. The van der Waals surface area contributed by atoms with Gasteiger partial charge >= 0.3 is 0 Å². The van der Waals surface area contributed by atoms with Crippen molar-refractivity contribution in [1.29, 1.82) is 0 Å². The number of hydrogen-bond donors (Lipinski definition) is 2. The Morgan fingerprint density at radius 3 is 2.75 bits per heavy atom. The molecular formula is C21H20N4O3. The second-order valence-corrected chi connectivity index (χ2v) is 6.47. The van der Waals surface area contributed by atoms with Crippen LogP contribution in [0.4, 0.5) is 0 Å². The Morgan fingerprint density at radius 1 is 1.11 bits per heavy atom. The summed E-state index contributed by atoms with van der Waals surface area (Å²) in [5.74, 6) is 0.690. The molecule has 0 aliphatic carbocycles. The van der Waals surface area contributed by atoms with Crippen LogP contribution in [0.5, 0.6) is 5.75 Å². The standard InChI is InChI=1S/C21H20N4O3/c1-28-19-8-4-7-18-16(19)9-11-25(18)12-10-22-20(26)13-17-14-5-2-3-6-15(14)21(27)24-23-17/h2-9,11H,10,12-13H2,1H3,(H,22,26)(H,24,27). The van der Waals surface area contributed by atoms with Crippen LogP contribution in [0.3, 0.4) is 0 Å². The third-order valence-electron chi connectivity index (χ3n) is 4.77. The molecule has 0 radical (unpaired) electrons. The molecule has 2 N–H and O–H groups in total. The molecule has 7 nitrogen and oxygen atoms in total. The lowest BCUT2D eigenvalue weighted by Gasteiger charge is -2.09. The van der Waals surface area contributed by atoms with Crippen molar-refractivity contribution >= 4 is 27.6 Å². The molecule has 0 unspecified atom stereocenters. The molecule has 4 aromatic rings. The number of carbonyl (C=O) groups excluding carboxylic acids is 1. The van der Waals surface area contributed by atoms with Gasteiger partial charge < -0.3 is 14.6 Å². The summed E-state index contributed by atoms with van der Waals surface area (Å²) in [7, 11) is 1.65. The van der Waals surface area contributed by atoms with Crippen LogP contribution in [-0.2, 0) is 17.8 Å². The highest BCUT2D eigenvalue weighted by atomic mass is 16.5. The molecule has 0 saturated carbocycles. The lowest BCUT2D eigenvalue weighted by atomic mass is 10.1. The highest BCUT2D eigenvalue weighted by Gasteiger charge is 2.11. The molecule has 1 amide bonds. The maximum absolute atomic E-state index is 12.4. The molecule has 2 aromatic carbocycles. The van der Waals surface area contributed by atoms with Crippen molar-refractivity contribution in [3.63, 3.8) is 0 Å². The van der Waals surface area contributed by atoms with E-state index in [1.807, 2.05) is 36.5 Å². The average molecular weight is 376 g/mol. The molecule has 7 heteroatoms. The van der Waals surface area contributed by atoms with E-state index in [0.29, 0.717) is 29.6 Å². The Kier molecular flexibility index (Phi) is 4.80. The first-order valence-electron chi connectivity index (χ1n) is 9.02. The number of nitrogens with one attached hydrogen (secondary N) is 2. The van der Waals surface area contributed by atoms with E-state index < -0.39 is 0 Å². The van der Waals surface area contributed by atoms with E-state index in [1.54, 1.807) is 25.3 Å². The molecule has 0 bridgehead atoms. The molecule has 142 valence electrons. The van der Waals surface area contributed by atoms with Gasteiger partial charge in [0.05, 0.1) is 30.1 Å². The Labute approximate surface area is 160 Å². The quantitative estimate of drug-likeness (QED) is 0.540. The van der Waals surface area contributed by atoms with Crippen LogP contribution in [0.1, 0.15) is 5.69 Å². The summed E-state index contributed by atoms with van der Waals surface area (Å²) >= 11 is 0. The molecule has 0 aliphatic heterocycles. The van der Waals surface area contributed by atoms with Gasteiger partial charge in [0.25, 0.3) is 5.56 Å². The van der Waals surface area contributed by atoms with Gasteiger partial charge in [0.1, 0.15) is 5.75 Å². The van der Waals surface area contributed by atoms with Gasteiger partial charge in [-0.25, -0.2) is 5.10 Å². The molecule has 0 fully saturated rings. The van der Waals surface area contributed by atoms with Crippen LogP contribution in [0.2, 0.25) is 0 Å². The maximum Gasteiger partial charge on any atom is 0.272 e. The van der Waals surface area contributed by atoms with Crippen LogP contribution < -0.4 is 15.6 Å². The van der Waals surface area contributed by atoms with Gasteiger partial charge in [-0.2, -0.15) is 5.10 Å². The summed E-state index contributed by atoms with van der Waals surface area (Å²) < 4.78 is 7.45. The number of aromatic amines is 1. The SMILES string of the molecule is COc1cccc2c1ccn2CCNC(=O)Cc1n[nH]c(=O)c2ccccc12. The van der Waals surface area contributed by atoms with Gasteiger partial charge in [-0.1, -0.05) is 24.3 Å². The van der Waals surface area contributed by atoms with Crippen LogP contribution in [0, 0.1) is 0 Å². The molecule has 2 heterocycles. The van der Waals surface area contributed by atoms with Crippen molar-refractivity contribution in [3.05, 3.63) is 70.8 Å². The molecule has 0 aliphatic rings. The van der Waals surface area contributed by atoms with Crippen molar-refractivity contribution in [3.8, 4) is 5.75 Å². The lowest BCUT2D eigenvalue weighted by molar-refractivity contribution is -0.120. The third kappa shape index (κ3) is 3.34. The first-order chi connectivity index (χ1) is 13.7. The summed E-state index contributed by atoms with van der Waals surface area (Å²) in [6.07, 6.45) is 2.09. The second-order valence-electron chi connectivity index (χ2n) is 6.47. The average Bonchev–Trinajstić information content (AvgIpc) is 3.13. The Morgan fingerprint density at radius 2 is 1.93 bits per heavy atom. The molecular weight excluding hydrogens is 356 g/mol. The number of H-pyrrole nitrogens is 1. The number of benzene rings is 2. The minimum Gasteiger partial charge on any atom is -0.496 e. The van der Waals surface area contributed by atoms with Crippen molar-refractivity contribution in [2.45, 2.75) is 13.0 Å². The summed E-state index contributed by atoms with van der Waals surface area (Å²) in [5, 5.41) is 11.7. The number of carbonyl (C=O) groups is 1. The Hall–Kier alpha value is -3.61. The molecule has 0 atom stereocenters. The number of fused-ring (bicyclic) bond motifs is 2. The number of methoxy groups -OCH3 is 1. The van der Waals surface area contributed by atoms with Crippen molar-refractivity contribution in [1.82, 2.24) is 20.1 Å². The highest BCUT2D eigenvalue weighted by Crippen LogP contribution is 2.26. The second kappa shape index (κ2) is 7.56. The smallest absolute Gasteiger partial charge is 0.272 e. The summed E-state index contributed by atoms with van der Waals surface area (Å²) in [6.45, 7) is 1.13. The number of hydrogen-bond acceptors (Lipinski definition) is 4. The fraction of sp³-hybridized carbons (Fsp3) is 0.190. The van der Waals surface area contributed by atoms with E-state index in [9.17, 15) is 9.59 Å². The van der Waals surface area contributed by atoms with Crippen molar-refractivity contribution < 1.29 is 9.53 Å². The van der Waals surface area contributed by atoms with Gasteiger partial charge in [0.2, 0.25) is 5.91 Å². The van der Waals surface area contributed by atoms with Crippen molar-refractivity contribution in [2.75, 3.05) is 13.7 Å². The third-order valence-corrected chi connectivity index (χ3v) is 4.77. The number of amides is 1.